The Kier molecular flexibility index (Phi) is 4.39. The monoisotopic (exact) mass is 407 g/mol. The van der Waals surface area contributed by atoms with Crippen molar-refractivity contribution in [2.45, 2.75) is 36.2 Å². The van der Waals surface area contributed by atoms with Crippen molar-refractivity contribution in [3.63, 3.8) is 0 Å². The van der Waals surface area contributed by atoms with E-state index in [1.54, 1.807) is 13.2 Å². The van der Waals surface area contributed by atoms with E-state index < -0.39 is 12.0 Å². The van der Waals surface area contributed by atoms with Crippen LogP contribution in [0.2, 0.25) is 0 Å². The molecule has 0 saturated heterocycles. The van der Waals surface area contributed by atoms with Crippen molar-refractivity contribution in [3.05, 3.63) is 69.5 Å². The van der Waals surface area contributed by atoms with Crippen LogP contribution in [0.4, 0.5) is 0 Å². The molecule has 0 amide bonds. The number of thioether (sulfide) groups is 1. The maximum Gasteiger partial charge on any atom is 0.327 e. The lowest BCUT2D eigenvalue weighted by Crippen LogP contribution is -2.29. The van der Waals surface area contributed by atoms with E-state index in [0.29, 0.717) is 18.1 Å². The van der Waals surface area contributed by atoms with Crippen LogP contribution in [0, 0.1) is 0 Å². The summed E-state index contributed by atoms with van der Waals surface area (Å²) in [6, 6.07) is 13.1. The molecule has 3 aromatic rings. The van der Waals surface area contributed by atoms with Gasteiger partial charge in [0.1, 0.15) is 11.8 Å². The van der Waals surface area contributed by atoms with Gasteiger partial charge in [0, 0.05) is 17.2 Å². The van der Waals surface area contributed by atoms with Gasteiger partial charge < -0.3 is 9.84 Å². The van der Waals surface area contributed by atoms with Gasteiger partial charge in [-0.15, -0.1) is 11.8 Å². The first-order valence-electron chi connectivity index (χ1n) is 9.77. The zero-order valence-electron chi connectivity index (χ0n) is 16.1. The lowest BCUT2D eigenvalue weighted by Gasteiger charge is -2.17. The van der Waals surface area contributed by atoms with Crippen LogP contribution in [0.1, 0.15) is 41.5 Å². The van der Waals surface area contributed by atoms with Crippen LogP contribution in [-0.4, -0.2) is 28.5 Å². The molecule has 1 saturated carbocycles. The highest BCUT2D eigenvalue weighted by Crippen LogP contribution is 2.48. The van der Waals surface area contributed by atoms with E-state index >= 15 is 0 Å². The zero-order valence-corrected chi connectivity index (χ0v) is 16.9. The molecule has 2 heterocycles. The molecule has 1 aliphatic heterocycles. The zero-order chi connectivity index (χ0) is 20.1. The first kappa shape index (κ1) is 18.3. The number of carbonyl (C=O) groups is 1. The van der Waals surface area contributed by atoms with Crippen molar-refractivity contribution in [1.29, 1.82) is 0 Å². The minimum atomic E-state index is -0.936. The maximum absolute atomic E-state index is 12.9. The van der Waals surface area contributed by atoms with Crippen molar-refractivity contribution in [3.8, 4) is 5.75 Å². The normalized spacial score (nSPS) is 18.0. The Bertz CT molecular complexity index is 1200. The summed E-state index contributed by atoms with van der Waals surface area (Å²) in [5.41, 5.74) is 3.14. The highest BCUT2D eigenvalue weighted by atomic mass is 32.2. The van der Waals surface area contributed by atoms with Gasteiger partial charge in [0.05, 0.1) is 12.1 Å². The Morgan fingerprint density at radius 1 is 1.17 bits per heavy atom. The lowest BCUT2D eigenvalue weighted by molar-refractivity contribution is -0.140. The topological polar surface area (TPSA) is 68.5 Å². The van der Waals surface area contributed by atoms with Crippen molar-refractivity contribution < 1.29 is 14.6 Å². The molecule has 1 N–H and O–H groups in total. The maximum atomic E-state index is 12.9. The van der Waals surface area contributed by atoms with Crippen LogP contribution in [0.15, 0.2) is 52.3 Å². The number of ether oxygens (including phenoxy) is 1. The van der Waals surface area contributed by atoms with Gasteiger partial charge in [-0.3, -0.25) is 9.36 Å². The number of rotatable bonds is 5. The molecular formula is C23H21NO4S. The predicted molar refractivity (Wildman–Crippen MR) is 113 cm³/mol. The fraction of sp³-hybridized carbons (Fsp3) is 0.304. The average molecular weight is 407 g/mol. The summed E-state index contributed by atoms with van der Waals surface area (Å²) in [6.07, 6.45) is 2.84. The van der Waals surface area contributed by atoms with Crippen LogP contribution < -0.4 is 10.3 Å². The van der Waals surface area contributed by atoms with Gasteiger partial charge in [-0.1, -0.05) is 30.3 Å². The summed E-state index contributed by atoms with van der Waals surface area (Å²) in [6.45, 7) is 0. The Labute approximate surface area is 172 Å². The van der Waals surface area contributed by atoms with Crippen LogP contribution in [-0.2, 0) is 11.2 Å². The summed E-state index contributed by atoms with van der Waals surface area (Å²) in [4.78, 5) is 24.5. The number of nitrogens with zero attached hydrogens (tertiary/aromatic N) is 1. The van der Waals surface area contributed by atoms with E-state index in [4.69, 9.17) is 4.74 Å². The van der Waals surface area contributed by atoms with Gasteiger partial charge in [-0.05, 0) is 53.3 Å². The molecule has 0 bridgehead atoms. The average Bonchev–Trinajstić information content (AvgIpc) is 3.45. The molecule has 1 atom stereocenters. The molecule has 0 radical (unpaired) electrons. The molecule has 2 aromatic carbocycles. The van der Waals surface area contributed by atoms with Crippen molar-refractivity contribution in [2.24, 2.45) is 0 Å². The van der Waals surface area contributed by atoms with E-state index in [9.17, 15) is 14.7 Å². The van der Waals surface area contributed by atoms with Gasteiger partial charge in [-0.2, -0.15) is 0 Å². The van der Waals surface area contributed by atoms with Gasteiger partial charge >= 0.3 is 5.97 Å². The number of hydrogen-bond donors (Lipinski definition) is 1. The van der Waals surface area contributed by atoms with Crippen molar-refractivity contribution >= 4 is 28.5 Å². The quantitative estimate of drug-likeness (QED) is 0.686. The number of carboxylic acid groups (broad SMARTS) is 1. The Hall–Kier alpha value is -2.73. The molecule has 2 aliphatic rings. The number of aliphatic carboxylic acids is 1. The number of fused-ring (bicyclic) bond motifs is 2. The molecule has 1 fully saturated rings. The summed E-state index contributed by atoms with van der Waals surface area (Å²) in [7, 11) is 1.67. The van der Waals surface area contributed by atoms with E-state index in [-0.39, 0.29) is 5.56 Å². The SMILES string of the molecule is COc1ccc(Cc2cc(=O)n3c(c2C2CC2)SC[C@H]3C(=O)O)c2ccccc12. The molecule has 1 aromatic heterocycles. The fourth-order valence-electron chi connectivity index (χ4n) is 4.35. The summed E-state index contributed by atoms with van der Waals surface area (Å²) >= 11 is 1.51. The van der Waals surface area contributed by atoms with Crippen molar-refractivity contribution in [1.82, 2.24) is 4.57 Å². The van der Waals surface area contributed by atoms with Gasteiger partial charge in [0.2, 0.25) is 0 Å². The summed E-state index contributed by atoms with van der Waals surface area (Å²) < 4.78 is 7.00. The number of pyridine rings is 1. The highest BCUT2D eigenvalue weighted by molar-refractivity contribution is 7.99. The first-order chi connectivity index (χ1) is 14.1. The van der Waals surface area contributed by atoms with E-state index in [1.165, 1.54) is 21.9 Å². The molecular weight excluding hydrogens is 386 g/mol. The summed E-state index contributed by atoms with van der Waals surface area (Å²) in [5, 5.41) is 12.5. The molecule has 0 spiro atoms. The predicted octanol–water partition coefficient (Wildman–Crippen LogP) is 4.21. The third-order valence-corrected chi connectivity index (χ3v) is 7.04. The van der Waals surface area contributed by atoms with Gasteiger partial charge in [0.25, 0.3) is 5.56 Å². The van der Waals surface area contributed by atoms with Crippen LogP contribution in [0.3, 0.4) is 0 Å². The third-order valence-electron chi connectivity index (χ3n) is 5.87. The largest absolute Gasteiger partial charge is 0.496 e. The number of carboxylic acids is 1. The second kappa shape index (κ2) is 6.95. The lowest BCUT2D eigenvalue weighted by atomic mass is 9.94. The molecule has 5 nitrogen and oxygen atoms in total. The fourth-order valence-corrected chi connectivity index (χ4v) is 5.76. The smallest absolute Gasteiger partial charge is 0.327 e. The molecule has 29 heavy (non-hydrogen) atoms. The number of benzene rings is 2. The Balaban J connectivity index is 1.65. The van der Waals surface area contributed by atoms with E-state index in [2.05, 4.69) is 12.1 Å². The molecule has 5 rings (SSSR count). The van der Waals surface area contributed by atoms with Gasteiger partial charge in [0.15, 0.2) is 0 Å². The van der Waals surface area contributed by atoms with Gasteiger partial charge in [-0.25, -0.2) is 4.79 Å². The molecule has 6 heteroatoms. The van der Waals surface area contributed by atoms with E-state index in [1.807, 2.05) is 24.3 Å². The van der Waals surface area contributed by atoms with Crippen LogP contribution in [0.5, 0.6) is 5.75 Å². The molecule has 0 unspecified atom stereocenters. The third kappa shape index (κ3) is 3.02. The highest BCUT2D eigenvalue weighted by Gasteiger charge is 2.37. The summed E-state index contributed by atoms with van der Waals surface area (Å²) in [5.74, 6) is 0.741. The van der Waals surface area contributed by atoms with E-state index in [0.717, 1.165) is 45.5 Å². The Morgan fingerprint density at radius 3 is 2.62 bits per heavy atom. The van der Waals surface area contributed by atoms with Crippen LogP contribution in [0.25, 0.3) is 10.8 Å². The number of hydrogen-bond acceptors (Lipinski definition) is 4. The van der Waals surface area contributed by atoms with Crippen molar-refractivity contribution in [2.75, 3.05) is 12.9 Å². The molecule has 1 aliphatic carbocycles. The first-order valence-corrected chi connectivity index (χ1v) is 10.8. The minimum absolute atomic E-state index is 0.213. The second-order valence-electron chi connectivity index (χ2n) is 7.69. The Morgan fingerprint density at radius 2 is 1.93 bits per heavy atom. The number of aromatic nitrogens is 1. The standard InChI is InChI=1S/C23H21NO4S/c1-28-19-9-8-14(16-4-2-3-5-17(16)19)10-15-11-20(25)24-18(23(26)27)12-29-22(24)21(15)13-6-7-13/h2-5,8-9,11,13,18H,6-7,10,12H2,1H3,(H,26,27)/t18-/m0/s1. The number of methoxy groups -OCH3 is 1. The van der Waals surface area contributed by atoms with Crippen LogP contribution >= 0.6 is 11.8 Å². The minimum Gasteiger partial charge on any atom is -0.496 e. The molecule has 148 valence electrons. The second-order valence-corrected chi connectivity index (χ2v) is 8.69.